The fraction of sp³-hybridized carbons (Fsp3) is 0.583. The summed E-state index contributed by atoms with van der Waals surface area (Å²) >= 11 is 0. The first-order valence-electron chi connectivity index (χ1n) is 11.4. The zero-order valence-corrected chi connectivity index (χ0v) is 19.0. The van der Waals surface area contributed by atoms with Gasteiger partial charge in [0.2, 0.25) is 0 Å². The number of rotatable bonds is 8. The van der Waals surface area contributed by atoms with Gasteiger partial charge in [-0.2, -0.15) is 5.10 Å². The Morgan fingerprint density at radius 2 is 1.81 bits per heavy atom. The molecule has 0 radical (unpaired) electrons. The number of ether oxygens (including phenoxy) is 1. The fourth-order valence-corrected chi connectivity index (χ4v) is 4.44. The van der Waals surface area contributed by atoms with Crippen molar-refractivity contribution in [3.05, 3.63) is 47.8 Å². The van der Waals surface area contributed by atoms with Gasteiger partial charge >= 0.3 is 6.03 Å². The maximum absolute atomic E-state index is 13.4. The molecule has 2 bridgehead atoms. The molecule has 0 atom stereocenters. The normalized spacial score (nSPS) is 22.5. The third kappa shape index (κ3) is 5.58. The van der Waals surface area contributed by atoms with Crippen LogP contribution in [0.15, 0.2) is 36.5 Å². The van der Waals surface area contributed by atoms with Gasteiger partial charge in [-0.1, -0.05) is 26.0 Å². The molecule has 5 rings (SSSR count). The second-order valence-corrected chi connectivity index (χ2v) is 9.49. The molecule has 0 spiro atoms. The molecule has 0 aliphatic carbocycles. The van der Waals surface area contributed by atoms with E-state index < -0.39 is 0 Å². The lowest BCUT2D eigenvalue weighted by molar-refractivity contribution is 0.0614. The number of benzene rings is 1. The van der Waals surface area contributed by atoms with E-state index in [2.05, 4.69) is 29.2 Å². The Bertz CT molecular complexity index is 855. The lowest BCUT2D eigenvalue weighted by Crippen LogP contribution is -2.62. The molecule has 7 heteroatoms. The molecule has 168 valence electrons. The van der Waals surface area contributed by atoms with Gasteiger partial charge in [-0.3, -0.25) is 4.68 Å². The van der Waals surface area contributed by atoms with Crippen LogP contribution in [-0.2, 0) is 20.1 Å². The highest BCUT2D eigenvalue weighted by atomic mass is 16.5. The van der Waals surface area contributed by atoms with Crippen LogP contribution in [0.5, 0.6) is 5.75 Å². The van der Waals surface area contributed by atoms with E-state index in [1.54, 1.807) is 4.68 Å². The molecule has 3 aliphatic rings. The van der Waals surface area contributed by atoms with Crippen molar-refractivity contribution >= 4 is 6.03 Å². The van der Waals surface area contributed by atoms with Gasteiger partial charge < -0.3 is 19.9 Å². The molecule has 0 unspecified atom stereocenters. The minimum absolute atomic E-state index is 0.00105. The van der Waals surface area contributed by atoms with Crippen molar-refractivity contribution in [3.8, 4) is 5.75 Å². The summed E-state index contributed by atoms with van der Waals surface area (Å²) in [6.45, 7) is 9.24. The highest BCUT2D eigenvalue weighted by Crippen LogP contribution is 2.32. The quantitative estimate of drug-likeness (QED) is 0.704. The predicted octanol–water partition coefficient (Wildman–Crippen LogP) is 3.41. The topological polar surface area (TPSA) is 62.6 Å². The van der Waals surface area contributed by atoms with Crippen molar-refractivity contribution < 1.29 is 9.53 Å². The average Bonchev–Trinajstić information content (AvgIpc) is 3.18. The largest absolute Gasteiger partial charge is 0.493 e. The monoisotopic (exact) mass is 425 g/mol. The average molecular weight is 426 g/mol. The molecule has 3 aliphatic heterocycles. The van der Waals surface area contributed by atoms with Crippen LogP contribution in [0.2, 0.25) is 0 Å². The Morgan fingerprint density at radius 3 is 2.39 bits per heavy atom. The van der Waals surface area contributed by atoms with Crippen LogP contribution < -0.4 is 10.1 Å². The van der Waals surface area contributed by atoms with Gasteiger partial charge in [0.05, 0.1) is 18.8 Å². The molecule has 3 saturated heterocycles. The van der Waals surface area contributed by atoms with Gasteiger partial charge in [-0.25, -0.2) is 4.79 Å². The van der Waals surface area contributed by atoms with Crippen LogP contribution in [0.25, 0.3) is 0 Å². The van der Waals surface area contributed by atoms with Crippen molar-refractivity contribution in [2.75, 3.05) is 26.2 Å². The van der Waals surface area contributed by atoms with Crippen LogP contribution in [0, 0.1) is 5.92 Å². The first kappa shape index (κ1) is 21.7. The molecule has 3 fully saturated rings. The summed E-state index contributed by atoms with van der Waals surface area (Å²) in [6.07, 6.45) is 5.04. The number of aromatic nitrogens is 2. The maximum atomic E-state index is 13.4. The van der Waals surface area contributed by atoms with E-state index in [1.807, 2.05) is 48.5 Å². The summed E-state index contributed by atoms with van der Waals surface area (Å²) in [4.78, 5) is 17.8. The second kappa shape index (κ2) is 9.30. The number of amides is 2. The summed E-state index contributed by atoms with van der Waals surface area (Å²) in [6, 6.07) is 10.0. The van der Waals surface area contributed by atoms with Crippen LogP contribution in [0.4, 0.5) is 4.79 Å². The Morgan fingerprint density at radius 1 is 1.13 bits per heavy atom. The van der Waals surface area contributed by atoms with E-state index in [-0.39, 0.29) is 11.6 Å². The summed E-state index contributed by atoms with van der Waals surface area (Å²) < 4.78 is 7.58. The SMILES string of the molecule is CC(C)COc1ccc(CN(Cc2ccn(C)n2)C(=O)NC23CCN(CC2)CC3)cc1. The lowest BCUT2D eigenvalue weighted by Gasteiger charge is -2.49. The molecule has 1 aromatic heterocycles. The van der Waals surface area contributed by atoms with Gasteiger partial charge in [0.15, 0.2) is 0 Å². The number of urea groups is 1. The number of piperidine rings is 3. The van der Waals surface area contributed by atoms with E-state index >= 15 is 0 Å². The Labute approximate surface area is 185 Å². The number of hydrogen-bond donors (Lipinski definition) is 1. The Hall–Kier alpha value is -2.54. The molecule has 7 nitrogen and oxygen atoms in total. The van der Waals surface area contributed by atoms with E-state index in [1.165, 1.54) is 0 Å². The van der Waals surface area contributed by atoms with Crippen molar-refractivity contribution in [3.63, 3.8) is 0 Å². The second-order valence-electron chi connectivity index (χ2n) is 9.49. The lowest BCUT2D eigenvalue weighted by atomic mass is 9.80. The van der Waals surface area contributed by atoms with Crippen LogP contribution in [0.3, 0.4) is 0 Å². The summed E-state index contributed by atoms with van der Waals surface area (Å²) in [7, 11) is 1.90. The van der Waals surface area contributed by atoms with E-state index in [0.717, 1.165) is 55.9 Å². The first-order chi connectivity index (χ1) is 14.9. The molecular weight excluding hydrogens is 390 g/mol. The maximum Gasteiger partial charge on any atom is 0.318 e. The summed E-state index contributed by atoms with van der Waals surface area (Å²) in [5.74, 6) is 1.36. The number of carbonyl (C=O) groups excluding carboxylic acids is 1. The zero-order chi connectivity index (χ0) is 21.8. The van der Waals surface area contributed by atoms with Gasteiger partial charge in [-0.05, 0) is 48.9 Å². The standard InChI is InChI=1S/C24H35N5O2/c1-19(2)18-31-22-6-4-20(5-7-22)16-29(17-21-8-12-27(3)26-21)23(30)25-24-9-13-28(14-10-24)15-11-24/h4-8,12,19H,9-11,13-18H2,1-3H3,(H,25,30). The molecule has 2 aromatic rings. The third-order valence-electron chi connectivity index (χ3n) is 6.38. The smallest absolute Gasteiger partial charge is 0.318 e. The fourth-order valence-electron chi connectivity index (χ4n) is 4.44. The number of hydrogen-bond acceptors (Lipinski definition) is 4. The Balaban J connectivity index is 1.45. The number of nitrogens with zero attached hydrogens (tertiary/aromatic N) is 4. The van der Waals surface area contributed by atoms with Crippen LogP contribution >= 0.6 is 0 Å². The number of nitrogens with one attached hydrogen (secondary N) is 1. The Kier molecular flexibility index (Phi) is 6.51. The first-order valence-corrected chi connectivity index (χ1v) is 11.4. The summed E-state index contributed by atoms with van der Waals surface area (Å²) in [5.41, 5.74) is 1.92. The minimum Gasteiger partial charge on any atom is -0.493 e. The van der Waals surface area contributed by atoms with Crippen LogP contribution in [0.1, 0.15) is 44.4 Å². The van der Waals surface area contributed by atoms with Gasteiger partial charge in [0, 0.05) is 45.0 Å². The molecule has 31 heavy (non-hydrogen) atoms. The number of carbonyl (C=O) groups is 1. The zero-order valence-electron chi connectivity index (χ0n) is 19.0. The number of aryl methyl sites for hydroxylation is 1. The predicted molar refractivity (Wildman–Crippen MR) is 121 cm³/mol. The van der Waals surface area contributed by atoms with Gasteiger partial charge in [-0.15, -0.1) is 0 Å². The van der Waals surface area contributed by atoms with Crippen LogP contribution in [-0.4, -0.2) is 57.4 Å². The van der Waals surface area contributed by atoms with E-state index in [4.69, 9.17) is 4.74 Å². The molecule has 0 saturated carbocycles. The number of fused-ring (bicyclic) bond motifs is 3. The molecule has 2 amide bonds. The third-order valence-corrected chi connectivity index (χ3v) is 6.38. The molecule has 4 heterocycles. The van der Waals surface area contributed by atoms with E-state index in [0.29, 0.717) is 25.6 Å². The molecule has 1 N–H and O–H groups in total. The van der Waals surface area contributed by atoms with Crippen molar-refractivity contribution in [2.24, 2.45) is 13.0 Å². The molecular formula is C24H35N5O2. The summed E-state index contributed by atoms with van der Waals surface area (Å²) in [5, 5.41) is 7.90. The van der Waals surface area contributed by atoms with E-state index in [9.17, 15) is 4.79 Å². The van der Waals surface area contributed by atoms with Gasteiger partial charge in [0.1, 0.15) is 5.75 Å². The van der Waals surface area contributed by atoms with Gasteiger partial charge in [0.25, 0.3) is 0 Å². The highest BCUT2D eigenvalue weighted by Gasteiger charge is 2.41. The highest BCUT2D eigenvalue weighted by molar-refractivity contribution is 5.75. The van der Waals surface area contributed by atoms with Crippen molar-refractivity contribution in [2.45, 2.75) is 51.7 Å². The molecule has 1 aromatic carbocycles. The minimum atomic E-state index is -0.0528. The van der Waals surface area contributed by atoms with Crippen molar-refractivity contribution in [1.29, 1.82) is 0 Å². The van der Waals surface area contributed by atoms with Crippen molar-refractivity contribution in [1.82, 2.24) is 24.9 Å².